The zero-order valence-corrected chi connectivity index (χ0v) is 9.00. The fraction of sp³-hybridized carbons (Fsp3) is 0.500. The first kappa shape index (κ1) is 11.1. The van der Waals surface area contributed by atoms with E-state index in [1.165, 1.54) is 6.07 Å². The van der Waals surface area contributed by atoms with Crippen LogP contribution in [0, 0.1) is 16.0 Å². The van der Waals surface area contributed by atoms with Gasteiger partial charge in [0.1, 0.15) is 0 Å². The number of benzene rings is 1. The minimum atomic E-state index is -0.388. The lowest BCUT2D eigenvalue weighted by molar-refractivity contribution is -0.384. The van der Waals surface area contributed by atoms with Crippen LogP contribution < -0.4 is 0 Å². The molecule has 1 aliphatic rings. The van der Waals surface area contributed by atoms with Crippen molar-refractivity contribution in [3.63, 3.8) is 0 Å². The summed E-state index contributed by atoms with van der Waals surface area (Å²) in [6.45, 7) is 0. The smallest absolute Gasteiger partial charge is 0.269 e. The lowest BCUT2D eigenvalue weighted by Crippen LogP contribution is -2.10. The first-order valence-electron chi connectivity index (χ1n) is 5.58. The molecule has 0 aliphatic heterocycles. The number of rotatable bonds is 5. The number of nitrogens with zero attached hydrogens (tertiary/aromatic N) is 1. The van der Waals surface area contributed by atoms with Gasteiger partial charge in [-0.15, -0.1) is 0 Å². The zero-order valence-electron chi connectivity index (χ0n) is 9.00. The Morgan fingerprint density at radius 1 is 1.50 bits per heavy atom. The van der Waals surface area contributed by atoms with Crippen LogP contribution in [0.15, 0.2) is 24.3 Å². The maximum Gasteiger partial charge on any atom is 0.269 e. The molecule has 1 N–H and O–H groups in total. The van der Waals surface area contributed by atoms with E-state index in [0.717, 1.165) is 18.4 Å². The third-order valence-corrected chi connectivity index (χ3v) is 3.02. The molecular formula is C12H15NO3. The van der Waals surface area contributed by atoms with Gasteiger partial charge in [-0.2, -0.15) is 0 Å². The highest BCUT2D eigenvalue weighted by molar-refractivity contribution is 5.34. The van der Waals surface area contributed by atoms with Gasteiger partial charge in [-0.25, -0.2) is 0 Å². The van der Waals surface area contributed by atoms with Crippen molar-refractivity contribution in [2.24, 2.45) is 5.92 Å². The predicted molar refractivity (Wildman–Crippen MR) is 60.1 cm³/mol. The van der Waals surface area contributed by atoms with E-state index in [-0.39, 0.29) is 16.7 Å². The van der Waals surface area contributed by atoms with Crippen LogP contribution in [0.1, 0.15) is 24.8 Å². The van der Waals surface area contributed by atoms with Crippen molar-refractivity contribution in [3.05, 3.63) is 39.9 Å². The summed E-state index contributed by atoms with van der Waals surface area (Å²) in [6, 6.07) is 6.63. The molecule has 1 unspecified atom stereocenters. The summed E-state index contributed by atoms with van der Waals surface area (Å²) in [7, 11) is 0. The molecule has 1 fully saturated rings. The average molecular weight is 221 g/mol. The molecule has 2 rings (SSSR count). The molecule has 0 saturated heterocycles. The SMILES string of the molecule is O=[N+]([O-])c1cccc(CCC(O)C2CC2)c1. The molecule has 4 heteroatoms. The Morgan fingerprint density at radius 3 is 2.88 bits per heavy atom. The standard InChI is InChI=1S/C12H15NO3/c14-12(10-5-6-10)7-4-9-2-1-3-11(8-9)13(15)16/h1-3,8,10,12,14H,4-7H2. The number of hydrogen-bond acceptors (Lipinski definition) is 3. The molecule has 0 bridgehead atoms. The van der Waals surface area contributed by atoms with Crippen LogP contribution in [0.5, 0.6) is 0 Å². The molecule has 1 aromatic carbocycles. The monoisotopic (exact) mass is 221 g/mol. The molecule has 4 nitrogen and oxygen atoms in total. The van der Waals surface area contributed by atoms with E-state index in [0.29, 0.717) is 18.8 Å². The Hall–Kier alpha value is -1.42. The second-order valence-corrected chi connectivity index (χ2v) is 4.37. The molecule has 1 aliphatic carbocycles. The molecule has 1 atom stereocenters. The lowest BCUT2D eigenvalue weighted by atomic mass is 10.0. The van der Waals surface area contributed by atoms with E-state index >= 15 is 0 Å². The van der Waals surface area contributed by atoms with Gasteiger partial charge in [-0.3, -0.25) is 10.1 Å². The van der Waals surface area contributed by atoms with Crippen LogP contribution in [0.25, 0.3) is 0 Å². The Kier molecular flexibility index (Phi) is 3.19. The molecule has 0 amide bonds. The summed E-state index contributed by atoms with van der Waals surface area (Å²) < 4.78 is 0. The van der Waals surface area contributed by atoms with Gasteiger partial charge in [0.05, 0.1) is 11.0 Å². The highest BCUT2D eigenvalue weighted by atomic mass is 16.6. The summed E-state index contributed by atoms with van der Waals surface area (Å²) in [5.74, 6) is 0.471. The maximum atomic E-state index is 10.6. The second-order valence-electron chi connectivity index (χ2n) is 4.37. The van der Waals surface area contributed by atoms with Crippen LogP contribution in [0.4, 0.5) is 5.69 Å². The third kappa shape index (κ3) is 2.79. The van der Waals surface area contributed by atoms with E-state index < -0.39 is 0 Å². The minimum Gasteiger partial charge on any atom is -0.393 e. The van der Waals surface area contributed by atoms with Crippen molar-refractivity contribution < 1.29 is 10.0 Å². The van der Waals surface area contributed by atoms with Crippen LogP contribution in [-0.4, -0.2) is 16.1 Å². The van der Waals surface area contributed by atoms with Crippen LogP contribution >= 0.6 is 0 Å². The van der Waals surface area contributed by atoms with Gasteiger partial charge < -0.3 is 5.11 Å². The molecule has 86 valence electrons. The normalized spacial score (nSPS) is 17.1. The van der Waals surface area contributed by atoms with Gasteiger partial charge in [0.25, 0.3) is 5.69 Å². The summed E-state index contributed by atoms with van der Waals surface area (Å²) in [6.07, 6.45) is 3.41. The van der Waals surface area contributed by atoms with Gasteiger partial charge in [0.15, 0.2) is 0 Å². The van der Waals surface area contributed by atoms with Gasteiger partial charge in [0, 0.05) is 12.1 Å². The summed E-state index contributed by atoms with van der Waals surface area (Å²) in [4.78, 5) is 10.2. The molecule has 16 heavy (non-hydrogen) atoms. The van der Waals surface area contributed by atoms with Gasteiger partial charge >= 0.3 is 0 Å². The number of aryl methyl sites for hydroxylation is 1. The summed E-state index contributed by atoms with van der Waals surface area (Å²) in [5.41, 5.74) is 1.05. The van der Waals surface area contributed by atoms with E-state index in [4.69, 9.17) is 0 Å². The van der Waals surface area contributed by atoms with E-state index in [2.05, 4.69) is 0 Å². The zero-order chi connectivity index (χ0) is 11.5. The van der Waals surface area contributed by atoms with Gasteiger partial charge in [-0.1, -0.05) is 12.1 Å². The molecule has 1 saturated carbocycles. The molecular weight excluding hydrogens is 206 g/mol. The Bertz CT molecular complexity index is 388. The van der Waals surface area contributed by atoms with Crippen molar-refractivity contribution in [1.82, 2.24) is 0 Å². The number of hydrogen-bond donors (Lipinski definition) is 1. The Morgan fingerprint density at radius 2 is 2.25 bits per heavy atom. The van der Waals surface area contributed by atoms with Crippen LogP contribution in [0.3, 0.4) is 0 Å². The largest absolute Gasteiger partial charge is 0.393 e. The molecule has 0 aromatic heterocycles. The molecule has 0 spiro atoms. The van der Waals surface area contributed by atoms with Gasteiger partial charge in [0.2, 0.25) is 0 Å². The topological polar surface area (TPSA) is 63.4 Å². The lowest BCUT2D eigenvalue weighted by Gasteiger charge is -2.08. The van der Waals surface area contributed by atoms with Crippen molar-refractivity contribution in [1.29, 1.82) is 0 Å². The number of aliphatic hydroxyl groups is 1. The van der Waals surface area contributed by atoms with Crippen molar-refractivity contribution in [2.45, 2.75) is 31.8 Å². The van der Waals surface area contributed by atoms with Crippen molar-refractivity contribution in [2.75, 3.05) is 0 Å². The fourth-order valence-corrected chi connectivity index (χ4v) is 1.86. The first-order valence-corrected chi connectivity index (χ1v) is 5.58. The number of aliphatic hydroxyl groups excluding tert-OH is 1. The Balaban J connectivity index is 1.92. The molecule has 0 heterocycles. The number of nitro benzene ring substituents is 1. The second kappa shape index (κ2) is 4.61. The minimum absolute atomic E-state index is 0.124. The van der Waals surface area contributed by atoms with Gasteiger partial charge in [-0.05, 0) is 37.2 Å². The van der Waals surface area contributed by atoms with Crippen LogP contribution in [0.2, 0.25) is 0 Å². The van der Waals surface area contributed by atoms with E-state index in [1.54, 1.807) is 12.1 Å². The highest BCUT2D eigenvalue weighted by Crippen LogP contribution is 2.34. The average Bonchev–Trinajstić information content (AvgIpc) is 3.10. The number of nitro groups is 1. The van der Waals surface area contributed by atoms with Crippen LogP contribution in [-0.2, 0) is 6.42 Å². The maximum absolute atomic E-state index is 10.6. The highest BCUT2D eigenvalue weighted by Gasteiger charge is 2.29. The van der Waals surface area contributed by atoms with E-state index in [1.807, 2.05) is 6.07 Å². The third-order valence-electron chi connectivity index (χ3n) is 3.02. The Labute approximate surface area is 94.1 Å². The molecule has 1 aromatic rings. The first-order chi connectivity index (χ1) is 7.66. The van der Waals surface area contributed by atoms with Crippen molar-refractivity contribution in [3.8, 4) is 0 Å². The predicted octanol–water partition coefficient (Wildman–Crippen LogP) is 2.30. The fourth-order valence-electron chi connectivity index (χ4n) is 1.86. The quantitative estimate of drug-likeness (QED) is 0.613. The summed E-state index contributed by atoms with van der Waals surface area (Å²) >= 11 is 0. The summed E-state index contributed by atoms with van der Waals surface area (Å²) in [5, 5.41) is 20.3. The van der Waals surface area contributed by atoms with E-state index in [9.17, 15) is 15.2 Å². The molecule has 0 radical (unpaired) electrons. The number of non-ortho nitro benzene ring substituents is 1. The van der Waals surface area contributed by atoms with Crippen molar-refractivity contribution >= 4 is 5.69 Å².